The van der Waals surface area contributed by atoms with Gasteiger partial charge in [-0.15, -0.1) is 0 Å². The van der Waals surface area contributed by atoms with Gasteiger partial charge >= 0.3 is 0 Å². The normalized spacial score (nSPS) is 21.5. The predicted molar refractivity (Wildman–Crippen MR) is 114 cm³/mol. The van der Waals surface area contributed by atoms with Crippen molar-refractivity contribution in [3.8, 4) is 11.5 Å². The minimum atomic E-state index is 0.0477. The number of piperazine rings is 1. The molecule has 0 N–H and O–H groups in total. The van der Waals surface area contributed by atoms with Crippen LogP contribution < -0.4 is 9.47 Å². The smallest absolute Gasteiger partial charge is 0.267 e. The molecule has 8 heteroatoms. The van der Waals surface area contributed by atoms with Crippen LogP contribution in [-0.2, 0) is 11.3 Å². The van der Waals surface area contributed by atoms with Gasteiger partial charge < -0.3 is 14.4 Å². The lowest BCUT2D eigenvalue weighted by atomic mass is 10.1. The van der Waals surface area contributed by atoms with Crippen molar-refractivity contribution in [3.05, 3.63) is 34.9 Å². The van der Waals surface area contributed by atoms with Gasteiger partial charge in [0.15, 0.2) is 11.5 Å². The minimum Gasteiger partial charge on any atom is -0.454 e. The van der Waals surface area contributed by atoms with E-state index in [1.54, 1.807) is 4.90 Å². The number of rotatable bonds is 5. The summed E-state index contributed by atoms with van der Waals surface area (Å²) in [6.07, 6.45) is 2.00. The van der Waals surface area contributed by atoms with Crippen molar-refractivity contribution in [2.24, 2.45) is 5.92 Å². The van der Waals surface area contributed by atoms with Gasteiger partial charge in [0.25, 0.3) is 5.91 Å². The summed E-state index contributed by atoms with van der Waals surface area (Å²) in [6.45, 7) is 9.79. The van der Waals surface area contributed by atoms with Crippen LogP contribution >= 0.6 is 24.0 Å². The van der Waals surface area contributed by atoms with Gasteiger partial charge in [0.1, 0.15) is 4.32 Å². The molecule has 3 heterocycles. The van der Waals surface area contributed by atoms with E-state index in [2.05, 4.69) is 35.8 Å². The summed E-state index contributed by atoms with van der Waals surface area (Å²) in [5.74, 6) is 2.11. The van der Waals surface area contributed by atoms with Gasteiger partial charge in [-0.1, -0.05) is 43.9 Å². The zero-order valence-corrected chi connectivity index (χ0v) is 17.9. The summed E-state index contributed by atoms with van der Waals surface area (Å²) in [6, 6.07) is 6.14. The van der Waals surface area contributed by atoms with E-state index in [0.717, 1.165) is 49.1 Å². The number of carbonyl (C=O) groups excluding carboxylic acids is 1. The molecule has 0 bridgehead atoms. The molecule has 0 aliphatic carbocycles. The van der Waals surface area contributed by atoms with Crippen molar-refractivity contribution in [3.63, 3.8) is 0 Å². The van der Waals surface area contributed by atoms with E-state index < -0.39 is 0 Å². The molecule has 1 amide bonds. The van der Waals surface area contributed by atoms with Crippen LogP contribution in [0.2, 0.25) is 0 Å². The third kappa shape index (κ3) is 4.29. The Balaban J connectivity index is 1.31. The molecule has 1 aromatic carbocycles. The Hall–Kier alpha value is -1.77. The van der Waals surface area contributed by atoms with Crippen LogP contribution in [0.1, 0.15) is 19.4 Å². The Morgan fingerprint density at radius 2 is 1.93 bits per heavy atom. The van der Waals surface area contributed by atoms with E-state index in [0.29, 0.717) is 23.6 Å². The SMILES string of the molecule is CC(C)CN1C(=O)C(=CN2CCN(Cc3ccc4c(c3)OCO4)CC2)SC1=S. The maximum Gasteiger partial charge on any atom is 0.267 e. The monoisotopic (exact) mass is 419 g/mol. The lowest BCUT2D eigenvalue weighted by Gasteiger charge is -2.34. The second-order valence-electron chi connectivity index (χ2n) is 7.67. The summed E-state index contributed by atoms with van der Waals surface area (Å²) < 4.78 is 11.5. The summed E-state index contributed by atoms with van der Waals surface area (Å²) in [7, 11) is 0. The first-order chi connectivity index (χ1) is 13.5. The van der Waals surface area contributed by atoms with E-state index in [9.17, 15) is 4.79 Å². The van der Waals surface area contributed by atoms with E-state index >= 15 is 0 Å². The average Bonchev–Trinajstić information content (AvgIpc) is 3.23. The molecule has 0 saturated carbocycles. The number of nitrogens with zero attached hydrogens (tertiary/aromatic N) is 3. The summed E-state index contributed by atoms with van der Waals surface area (Å²) in [5.41, 5.74) is 1.23. The summed E-state index contributed by atoms with van der Waals surface area (Å²) in [4.78, 5) is 19.7. The number of carbonyl (C=O) groups is 1. The lowest BCUT2D eigenvalue weighted by Crippen LogP contribution is -2.43. The van der Waals surface area contributed by atoms with Crippen LogP contribution in [0.4, 0.5) is 0 Å². The number of hydrogen-bond donors (Lipinski definition) is 0. The van der Waals surface area contributed by atoms with Crippen molar-refractivity contribution in [2.75, 3.05) is 39.5 Å². The molecule has 6 nitrogen and oxygen atoms in total. The highest BCUT2D eigenvalue weighted by molar-refractivity contribution is 8.26. The second kappa shape index (κ2) is 8.31. The minimum absolute atomic E-state index is 0.0477. The lowest BCUT2D eigenvalue weighted by molar-refractivity contribution is -0.122. The van der Waals surface area contributed by atoms with Gasteiger partial charge in [-0.3, -0.25) is 14.6 Å². The fraction of sp³-hybridized carbons (Fsp3) is 0.500. The molecule has 28 heavy (non-hydrogen) atoms. The van der Waals surface area contributed by atoms with E-state index in [-0.39, 0.29) is 5.91 Å². The Morgan fingerprint density at radius 1 is 1.18 bits per heavy atom. The summed E-state index contributed by atoms with van der Waals surface area (Å²) >= 11 is 6.81. The van der Waals surface area contributed by atoms with Crippen molar-refractivity contribution in [2.45, 2.75) is 20.4 Å². The first-order valence-corrected chi connectivity index (χ1v) is 10.8. The average molecular weight is 420 g/mol. The van der Waals surface area contributed by atoms with Crippen LogP contribution in [-0.4, -0.2) is 64.4 Å². The second-order valence-corrected chi connectivity index (χ2v) is 9.35. The topological polar surface area (TPSA) is 45.3 Å². The molecule has 0 atom stereocenters. The van der Waals surface area contributed by atoms with Crippen molar-refractivity contribution in [1.82, 2.24) is 14.7 Å². The molecule has 3 aliphatic rings. The Labute approximate surface area is 175 Å². The molecule has 150 valence electrons. The third-order valence-corrected chi connectivity index (χ3v) is 6.34. The van der Waals surface area contributed by atoms with Gasteiger partial charge in [-0.05, 0) is 23.6 Å². The number of thiocarbonyl (C=S) groups is 1. The van der Waals surface area contributed by atoms with Crippen LogP contribution in [0.3, 0.4) is 0 Å². The molecular formula is C20H25N3O3S2. The van der Waals surface area contributed by atoms with Crippen LogP contribution in [0.25, 0.3) is 0 Å². The molecule has 0 unspecified atom stereocenters. The fourth-order valence-electron chi connectivity index (χ4n) is 3.53. The van der Waals surface area contributed by atoms with E-state index in [4.69, 9.17) is 21.7 Å². The largest absolute Gasteiger partial charge is 0.454 e. The molecule has 3 aliphatic heterocycles. The van der Waals surface area contributed by atoms with Gasteiger partial charge in [0.2, 0.25) is 6.79 Å². The third-order valence-electron chi connectivity index (χ3n) is 4.97. The summed E-state index contributed by atoms with van der Waals surface area (Å²) in [5, 5.41) is 0. The van der Waals surface area contributed by atoms with Gasteiger partial charge in [0, 0.05) is 45.5 Å². The number of ether oxygens (including phenoxy) is 2. The molecule has 2 fully saturated rings. The Bertz CT molecular complexity index is 804. The molecular weight excluding hydrogens is 394 g/mol. The molecule has 4 rings (SSSR count). The number of amides is 1. The van der Waals surface area contributed by atoms with Crippen molar-refractivity contribution in [1.29, 1.82) is 0 Å². The predicted octanol–water partition coefficient (Wildman–Crippen LogP) is 2.89. The van der Waals surface area contributed by atoms with Crippen LogP contribution in [0.15, 0.2) is 29.3 Å². The molecule has 0 aromatic heterocycles. The highest BCUT2D eigenvalue weighted by Crippen LogP contribution is 2.33. The first kappa shape index (κ1) is 19.5. The number of benzene rings is 1. The quantitative estimate of drug-likeness (QED) is 0.537. The number of hydrogen-bond acceptors (Lipinski definition) is 7. The highest BCUT2D eigenvalue weighted by atomic mass is 32.2. The van der Waals surface area contributed by atoms with Crippen LogP contribution in [0, 0.1) is 5.92 Å². The zero-order valence-electron chi connectivity index (χ0n) is 16.2. The maximum atomic E-state index is 12.6. The molecule has 0 radical (unpaired) electrons. The highest BCUT2D eigenvalue weighted by Gasteiger charge is 2.33. The molecule has 2 saturated heterocycles. The number of fused-ring (bicyclic) bond motifs is 1. The van der Waals surface area contributed by atoms with E-state index in [1.807, 2.05) is 12.3 Å². The Kier molecular flexibility index (Phi) is 5.80. The van der Waals surface area contributed by atoms with Gasteiger partial charge in [-0.25, -0.2) is 0 Å². The standard InChI is InChI=1S/C20H25N3O3S2/c1-14(2)10-23-19(24)18(28-20(23)27)12-22-7-5-21(6-8-22)11-15-3-4-16-17(9-15)26-13-25-16/h3-4,9,12,14H,5-8,10-11,13H2,1-2H3. The zero-order chi connectivity index (χ0) is 19.7. The van der Waals surface area contributed by atoms with Crippen molar-refractivity contribution >= 4 is 34.2 Å². The first-order valence-electron chi connectivity index (χ1n) is 9.60. The molecule has 1 aromatic rings. The number of thioether (sulfide) groups is 1. The van der Waals surface area contributed by atoms with Crippen molar-refractivity contribution < 1.29 is 14.3 Å². The van der Waals surface area contributed by atoms with Crippen LogP contribution in [0.5, 0.6) is 11.5 Å². The fourth-order valence-corrected chi connectivity index (χ4v) is 4.81. The van der Waals surface area contributed by atoms with Gasteiger partial charge in [0.05, 0.1) is 4.91 Å². The maximum absolute atomic E-state index is 12.6. The molecule has 0 spiro atoms. The van der Waals surface area contributed by atoms with Gasteiger partial charge in [-0.2, -0.15) is 0 Å². The van der Waals surface area contributed by atoms with E-state index in [1.165, 1.54) is 17.3 Å². The Morgan fingerprint density at radius 3 is 2.68 bits per heavy atom.